The molecule has 1 heterocycles. The molecule has 14 heavy (non-hydrogen) atoms. The van der Waals surface area contributed by atoms with Crippen LogP contribution < -0.4 is 10.6 Å². The molecule has 0 spiro atoms. The van der Waals surface area contributed by atoms with Crippen LogP contribution in [-0.4, -0.2) is 19.3 Å². The minimum Gasteiger partial charge on any atom is -0.302 e. The largest absolute Gasteiger partial charge is 0.302 e. The molecule has 2 N–H and O–H groups in total. The second kappa shape index (κ2) is 8.25. The first-order valence-corrected chi connectivity index (χ1v) is 6.40. The van der Waals surface area contributed by atoms with Crippen LogP contribution in [0, 0.1) is 0 Å². The molecular weight excluding hydrogens is 172 g/mol. The van der Waals surface area contributed by atoms with Gasteiger partial charge in [-0.3, -0.25) is 0 Å². The Morgan fingerprint density at radius 1 is 1.14 bits per heavy atom. The molecule has 2 nitrogen and oxygen atoms in total. The first-order chi connectivity index (χ1) is 6.93. The average molecular weight is 198 g/mol. The fraction of sp³-hybridized carbons (Fsp3) is 1.00. The van der Waals surface area contributed by atoms with Crippen LogP contribution in [-0.2, 0) is 0 Å². The van der Waals surface area contributed by atoms with Gasteiger partial charge in [0.05, 0.1) is 6.17 Å². The molecule has 1 saturated heterocycles. The van der Waals surface area contributed by atoms with Gasteiger partial charge in [0.15, 0.2) is 0 Å². The maximum atomic E-state index is 3.59. The van der Waals surface area contributed by atoms with Crippen molar-refractivity contribution in [3.8, 4) is 0 Å². The maximum Gasteiger partial charge on any atom is 0.0571 e. The fourth-order valence-electron chi connectivity index (χ4n) is 2.03. The summed E-state index contributed by atoms with van der Waals surface area (Å²) in [7, 11) is 0. The van der Waals surface area contributed by atoms with E-state index in [0.29, 0.717) is 6.17 Å². The Morgan fingerprint density at radius 3 is 2.71 bits per heavy atom. The van der Waals surface area contributed by atoms with Gasteiger partial charge in [-0.25, -0.2) is 0 Å². The van der Waals surface area contributed by atoms with E-state index >= 15 is 0 Å². The highest BCUT2D eigenvalue weighted by molar-refractivity contribution is 4.69. The van der Waals surface area contributed by atoms with Crippen LogP contribution in [0.1, 0.15) is 58.3 Å². The third kappa shape index (κ3) is 5.61. The lowest BCUT2D eigenvalue weighted by Gasteiger charge is -2.24. The van der Waals surface area contributed by atoms with E-state index in [4.69, 9.17) is 0 Å². The predicted molar refractivity (Wildman–Crippen MR) is 62.4 cm³/mol. The zero-order valence-electron chi connectivity index (χ0n) is 9.65. The summed E-state index contributed by atoms with van der Waals surface area (Å²) in [5, 5.41) is 7.10. The number of nitrogens with one attached hydrogen (secondary N) is 2. The van der Waals surface area contributed by atoms with Gasteiger partial charge in [0.1, 0.15) is 0 Å². The normalized spacial score (nSPS) is 22.5. The first kappa shape index (κ1) is 12.0. The third-order valence-corrected chi connectivity index (χ3v) is 2.98. The van der Waals surface area contributed by atoms with Crippen molar-refractivity contribution < 1.29 is 0 Å². The summed E-state index contributed by atoms with van der Waals surface area (Å²) >= 11 is 0. The van der Waals surface area contributed by atoms with E-state index in [-0.39, 0.29) is 0 Å². The highest BCUT2D eigenvalue weighted by Gasteiger charge is 2.10. The van der Waals surface area contributed by atoms with Gasteiger partial charge < -0.3 is 10.6 Å². The summed E-state index contributed by atoms with van der Waals surface area (Å²) in [6.07, 6.45) is 11.6. The molecule has 1 aliphatic rings. The van der Waals surface area contributed by atoms with Crippen LogP contribution in [0.5, 0.6) is 0 Å². The summed E-state index contributed by atoms with van der Waals surface area (Å²) in [6, 6.07) is 0. The molecule has 1 unspecified atom stereocenters. The highest BCUT2D eigenvalue weighted by atomic mass is 15.1. The Kier molecular flexibility index (Phi) is 7.06. The number of unbranched alkanes of at least 4 members (excludes halogenated alkanes) is 4. The van der Waals surface area contributed by atoms with Crippen molar-refractivity contribution in [1.29, 1.82) is 0 Å². The zero-order chi connectivity index (χ0) is 10.1. The van der Waals surface area contributed by atoms with Crippen molar-refractivity contribution in [2.45, 2.75) is 64.5 Å². The van der Waals surface area contributed by atoms with Gasteiger partial charge in [-0.15, -0.1) is 0 Å². The molecule has 1 aliphatic heterocycles. The quantitative estimate of drug-likeness (QED) is 0.615. The maximum absolute atomic E-state index is 3.59. The summed E-state index contributed by atoms with van der Waals surface area (Å²) in [5.74, 6) is 0. The second-order valence-electron chi connectivity index (χ2n) is 4.37. The summed E-state index contributed by atoms with van der Waals surface area (Å²) in [5.41, 5.74) is 0. The highest BCUT2D eigenvalue weighted by Crippen LogP contribution is 2.05. The molecule has 84 valence electrons. The molecule has 0 aliphatic carbocycles. The van der Waals surface area contributed by atoms with Crippen molar-refractivity contribution in [2.75, 3.05) is 13.1 Å². The van der Waals surface area contributed by atoms with Crippen LogP contribution in [0.25, 0.3) is 0 Å². The Labute approximate surface area is 88.8 Å². The van der Waals surface area contributed by atoms with Gasteiger partial charge in [0, 0.05) is 0 Å². The molecule has 0 aromatic carbocycles. The lowest BCUT2D eigenvalue weighted by Crippen LogP contribution is -2.45. The van der Waals surface area contributed by atoms with Crippen LogP contribution in [0.2, 0.25) is 0 Å². The minimum atomic E-state index is 0.606. The monoisotopic (exact) mass is 198 g/mol. The summed E-state index contributed by atoms with van der Waals surface area (Å²) in [4.78, 5) is 0. The van der Waals surface area contributed by atoms with Crippen molar-refractivity contribution in [1.82, 2.24) is 10.6 Å². The molecule has 1 rings (SSSR count). The molecule has 0 aromatic rings. The Morgan fingerprint density at radius 2 is 2.00 bits per heavy atom. The van der Waals surface area contributed by atoms with Crippen LogP contribution in [0.4, 0.5) is 0 Å². The third-order valence-electron chi connectivity index (χ3n) is 2.98. The molecule has 0 saturated carbocycles. The lowest BCUT2D eigenvalue weighted by molar-refractivity contribution is 0.341. The molecule has 0 radical (unpaired) electrons. The van der Waals surface area contributed by atoms with E-state index in [1.54, 1.807) is 0 Å². The van der Waals surface area contributed by atoms with Gasteiger partial charge in [-0.05, 0) is 38.8 Å². The molecule has 0 amide bonds. The van der Waals surface area contributed by atoms with E-state index in [9.17, 15) is 0 Å². The first-order valence-electron chi connectivity index (χ1n) is 6.40. The Hall–Kier alpha value is -0.0800. The van der Waals surface area contributed by atoms with Crippen molar-refractivity contribution in [3.63, 3.8) is 0 Å². The summed E-state index contributed by atoms with van der Waals surface area (Å²) < 4.78 is 0. The van der Waals surface area contributed by atoms with Crippen molar-refractivity contribution in [2.24, 2.45) is 0 Å². The SMILES string of the molecule is CCCCCCCNC1CCCCN1. The van der Waals surface area contributed by atoms with E-state index in [1.165, 1.54) is 64.5 Å². The Bertz CT molecular complexity index is 119. The Balaban J connectivity index is 1.82. The summed E-state index contributed by atoms with van der Waals surface area (Å²) in [6.45, 7) is 4.67. The fourth-order valence-corrected chi connectivity index (χ4v) is 2.03. The number of rotatable bonds is 7. The van der Waals surface area contributed by atoms with E-state index < -0.39 is 0 Å². The van der Waals surface area contributed by atoms with Crippen LogP contribution >= 0.6 is 0 Å². The molecule has 1 atom stereocenters. The van der Waals surface area contributed by atoms with E-state index in [1.807, 2.05) is 0 Å². The van der Waals surface area contributed by atoms with Gasteiger partial charge in [-0.2, -0.15) is 0 Å². The standard InChI is InChI=1S/C12H26N2/c1-2-3-4-5-7-10-13-12-9-6-8-11-14-12/h12-14H,2-11H2,1H3. The molecular formula is C12H26N2. The van der Waals surface area contributed by atoms with E-state index in [2.05, 4.69) is 17.6 Å². The smallest absolute Gasteiger partial charge is 0.0571 e. The zero-order valence-corrected chi connectivity index (χ0v) is 9.65. The van der Waals surface area contributed by atoms with Crippen molar-refractivity contribution >= 4 is 0 Å². The molecule has 1 fully saturated rings. The van der Waals surface area contributed by atoms with Crippen molar-refractivity contribution in [3.05, 3.63) is 0 Å². The molecule has 0 bridgehead atoms. The van der Waals surface area contributed by atoms with Gasteiger partial charge >= 0.3 is 0 Å². The number of hydrogen-bond donors (Lipinski definition) is 2. The average Bonchev–Trinajstić information content (AvgIpc) is 2.25. The molecule has 2 heteroatoms. The van der Waals surface area contributed by atoms with Gasteiger partial charge in [0.25, 0.3) is 0 Å². The topological polar surface area (TPSA) is 24.1 Å². The second-order valence-corrected chi connectivity index (χ2v) is 4.37. The molecule has 0 aromatic heterocycles. The van der Waals surface area contributed by atoms with Gasteiger partial charge in [-0.1, -0.05) is 32.6 Å². The van der Waals surface area contributed by atoms with Crippen LogP contribution in [0.3, 0.4) is 0 Å². The lowest BCUT2D eigenvalue weighted by atomic mass is 10.1. The number of hydrogen-bond acceptors (Lipinski definition) is 2. The van der Waals surface area contributed by atoms with Gasteiger partial charge in [0.2, 0.25) is 0 Å². The predicted octanol–water partition coefficient (Wildman–Crippen LogP) is 2.65. The van der Waals surface area contributed by atoms with E-state index in [0.717, 1.165) is 0 Å². The minimum absolute atomic E-state index is 0.606. The number of piperidine rings is 1. The van der Waals surface area contributed by atoms with Crippen LogP contribution in [0.15, 0.2) is 0 Å².